The highest BCUT2D eigenvalue weighted by Gasteiger charge is 2.28. The maximum Gasteiger partial charge on any atom is 0.237 e. The van der Waals surface area contributed by atoms with E-state index in [1.807, 2.05) is 11.9 Å². The molecule has 1 aliphatic carbocycles. The second-order valence-electron chi connectivity index (χ2n) is 8.59. The standard InChI is InChI=1S/C25H33N3O/c1-19-8-6-12-23(20(19)2)28-16-14-27(15-17-28)18-25(29)26(3)24-13-7-10-21-9-4-5-11-22(21)24/h4-6,8-9,11-12,24H,7,10,13-18H2,1-3H3/t24-/m1/s1. The highest BCUT2D eigenvalue weighted by Crippen LogP contribution is 2.33. The molecule has 1 amide bonds. The monoisotopic (exact) mass is 391 g/mol. The molecule has 1 saturated heterocycles. The van der Waals surface area contributed by atoms with E-state index < -0.39 is 0 Å². The van der Waals surface area contributed by atoms with Gasteiger partial charge in [0.25, 0.3) is 0 Å². The summed E-state index contributed by atoms with van der Waals surface area (Å²) in [4.78, 5) is 19.8. The van der Waals surface area contributed by atoms with Crippen LogP contribution in [0.15, 0.2) is 42.5 Å². The van der Waals surface area contributed by atoms with Crippen LogP contribution in [0, 0.1) is 13.8 Å². The molecule has 154 valence electrons. The molecule has 1 atom stereocenters. The molecule has 0 saturated carbocycles. The highest BCUT2D eigenvalue weighted by molar-refractivity contribution is 5.78. The van der Waals surface area contributed by atoms with Gasteiger partial charge in [0.2, 0.25) is 5.91 Å². The van der Waals surface area contributed by atoms with Crippen LogP contribution < -0.4 is 4.90 Å². The number of piperazine rings is 1. The van der Waals surface area contributed by atoms with Gasteiger partial charge in [-0.15, -0.1) is 0 Å². The van der Waals surface area contributed by atoms with E-state index in [0.29, 0.717) is 6.54 Å². The molecule has 2 aromatic rings. The number of carbonyl (C=O) groups is 1. The normalized spacial score (nSPS) is 19.7. The SMILES string of the molecule is Cc1cccc(N2CCN(CC(=O)N(C)[C@@H]3CCCc4ccccc43)CC2)c1C. The molecule has 1 fully saturated rings. The van der Waals surface area contributed by atoms with Crippen molar-refractivity contribution in [1.29, 1.82) is 0 Å². The van der Waals surface area contributed by atoms with Crippen LogP contribution in [-0.2, 0) is 11.2 Å². The van der Waals surface area contributed by atoms with E-state index in [2.05, 4.69) is 66.1 Å². The third-order valence-electron chi connectivity index (χ3n) is 6.85. The number of amides is 1. The van der Waals surface area contributed by atoms with Crippen molar-refractivity contribution in [2.24, 2.45) is 0 Å². The lowest BCUT2D eigenvalue weighted by molar-refractivity contribution is -0.133. The Morgan fingerprint density at radius 1 is 1.03 bits per heavy atom. The zero-order valence-electron chi connectivity index (χ0n) is 18.0. The zero-order valence-corrected chi connectivity index (χ0v) is 18.0. The Bertz CT molecular complexity index is 870. The van der Waals surface area contributed by atoms with Crippen LogP contribution in [0.25, 0.3) is 0 Å². The topological polar surface area (TPSA) is 26.8 Å². The van der Waals surface area contributed by atoms with Crippen molar-refractivity contribution in [3.8, 4) is 0 Å². The largest absolute Gasteiger partial charge is 0.369 e. The average molecular weight is 392 g/mol. The quantitative estimate of drug-likeness (QED) is 0.789. The first kappa shape index (κ1) is 20.0. The predicted molar refractivity (Wildman–Crippen MR) is 119 cm³/mol. The Morgan fingerprint density at radius 2 is 1.79 bits per heavy atom. The molecule has 0 N–H and O–H groups in total. The van der Waals surface area contributed by atoms with E-state index >= 15 is 0 Å². The van der Waals surface area contributed by atoms with Crippen molar-refractivity contribution < 1.29 is 4.79 Å². The lowest BCUT2D eigenvalue weighted by atomic mass is 9.87. The van der Waals surface area contributed by atoms with E-state index in [1.165, 1.54) is 27.9 Å². The summed E-state index contributed by atoms with van der Waals surface area (Å²) in [7, 11) is 1.99. The summed E-state index contributed by atoms with van der Waals surface area (Å²) < 4.78 is 0. The first-order chi connectivity index (χ1) is 14.0. The lowest BCUT2D eigenvalue weighted by Gasteiger charge is -2.38. The molecule has 2 aliphatic rings. The Morgan fingerprint density at radius 3 is 2.59 bits per heavy atom. The second-order valence-corrected chi connectivity index (χ2v) is 8.59. The van der Waals surface area contributed by atoms with Gasteiger partial charge >= 0.3 is 0 Å². The van der Waals surface area contributed by atoms with E-state index in [0.717, 1.165) is 45.4 Å². The maximum absolute atomic E-state index is 13.0. The third-order valence-corrected chi connectivity index (χ3v) is 6.85. The van der Waals surface area contributed by atoms with E-state index in [1.54, 1.807) is 0 Å². The molecule has 4 heteroatoms. The van der Waals surface area contributed by atoms with Gasteiger partial charge in [-0.3, -0.25) is 9.69 Å². The molecule has 2 aromatic carbocycles. The van der Waals surface area contributed by atoms with Crippen molar-refractivity contribution in [1.82, 2.24) is 9.80 Å². The number of likely N-dealkylation sites (N-methyl/N-ethyl adjacent to an activating group) is 1. The van der Waals surface area contributed by atoms with Gasteiger partial charge < -0.3 is 9.80 Å². The van der Waals surface area contributed by atoms with Gasteiger partial charge in [0.05, 0.1) is 12.6 Å². The average Bonchev–Trinajstić information content (AvgIpc) is 2.75. The Kier molecular flexibility index (Phi) is 5.91. The molecule has 0 spiro atoms. The minimum absolute atomic E-state index is 0.226. The Balaban J connectivity index is 1.35. The number of rotatable bonds is 4. The van der Waals surface area contributed by atoms with Crippen LogP contribution in [0.4, 0.5) is 5.69 Å². The molecule has 0 aromatic heterocycles. The molecule has 0 bridgehead atoms. The van der Waals surface area contributed by atoms with Gasteiger partial charge in [-0.2, -0.15) is 0 Å². The predicted octanol–water partition coefficient (Wildman–Crippen LogP) is 3.96. The fourth-order valence-corrected chi connectivity index (χ4v) is 4.83. The summed E-state index contributed by atoms with van der Waals surface area (Å²) in [6.45, 7) is 8.74. The fourth-order valence-electron chi connectivity index (χ4n) is 4.83. The molecule has 1 heterocycles. The second kappa shape index (κ2) is 8.58. The van der Waals surface area contributed by atoms with Crippen LogP contribution in [0.5, 0.6) is 0 Å². The number of aryl methyl sites for hydroxylation is 2. The first-order valence-electron chi connectivity index (χ1n) is 10.9. The van der Waals surface area contributed by atoms with Crippen molar-refractivity contribution in [2.45, 2.75) is 39.2 Å². The van der Waals surface area contributed by atoms with Gasteiger partial charge in [0, 0.05) is 38.9 Å². The van der Waals surface area contributed by atoms with Crippen LogP contribution in [0.2, 0.25) is 0 Å². The Labute approximate surface area is 175 Å². The fraction of sp³-hybridized carbons (Fsp3) is 0.480. The molecule has 4 nitrogen and oxygen atoms in total. The number of fused-ring (bicyclic) bond motifs is 1. The smallest absolute Gasteiger partial charge is 0.237 e. The van der Waals surface area contributed by atoms with Gasteiger partial charge in [0.15, 0.2) is 0 Å². The maximum atomic E-state index is 13.0. The van der Waals surface area contributed by atoms with Gasteiger partial charge in [0.1, 0.15) is 0 Å². The van der Waals surface area contributed by atoms with Crippen LogP contribution in [0.3, 0.4) is 0 Å². The van der Waals surface area contributed by atoms with Gasteiger partial charge in [-0.05, 0) is 61.4 Å². The number of hydrogen-bond donors (Lipinski definition) is 0. The summed E-state index contributed by atoms with van der Waals surface area (Å²) in [5.74, 6) is 0.242. The summed E-state index contributed by atoms with van der Waals surface area (Å²) in [6, 6.07) is 15.4. The first-order valence-corrected chi connectivity index (χ1v) is 10.9. The van der Waals surface area contributed by atoms with Crippen molar-refractivity contribution in [2.75, 3.05) is 44.7 Å². The Hall–Kier alpha value is -2.33. The minimum atomic E-state index is 0.226. The third kappa shape index (κ3) is 4.18. The number of benzene rings is 2. The number of nitrogens with zero attached hydrogens (tertiary/aromatic N) is 3. The van der Waals surface area contributed by atoms with Crippen molar-refractivity contribution >= 4 is 11.6 Å². The van der Waals surface area contributed by atoms with Crippen LogP contribution >= 0.6 is 0 Å². The van der Waals surface area contributed by atoms with Crippen LogP contribution in [-0.4, -0.2) is 55.5 Å². The molecular weight excluding hydrogens is 358 g/mol. The van der Waals surface area contributed by atoms with E-state index in [4.69, 9.17) is 0 Å². The molecule has 0 unspecified atom stereocenters. The van der Waals surface area contributed by atoms with Gasteiger partial charge in [-0.25, -0.2) is 0 Å². The number of hydrogen-bond acceptors (Lipinski definition) is 3. The minimum Gasteiger partial charge on any atom is -0.369 e. The number of anilines is 1. The molecule has 1 aliphatic heterocycles. The molecule has 4 rings (SSSR count). The van der Waals surface area contributed by atoms with E-state index in [9.17, 15) is 4.79 Å². The summed E-state index contributed by atoms with van der Waals surface area (Å²) in [5, 5.41) is 0. The van der Waals surface area contributed by atoms with Crippen molar-refractivity contribution in [3.05, 3.63) is 64.7 Å². The molecule has 0 radical (unpaired) electrons. The zero-order chi connectivity index (χ0) is 20.4. The van der Waals surface area contributed by atoms with Crippen molar-refractivity contribution in [3.63, 3.8) is 0 Å². The van der Waals surface area contributed by atoms with Crippen LogP contribution in [0.1, 0.15) is 41.1 Å². The highest BCUT2D eigenvalue weighted by atomic mass is 16.2. The van der Waals surface area contributed by atoms with Gasteiger partial charge in [-0.1, -0.05) is 36.4 Å². The molecule has 29 heavy (non-hydrogen) atoms. The summed E-state index contributed by atoms with van der Waals surface area (Å²) in [5.41, 5.74) is 6.80. The summed E-state index contributed by atoms with van der Waals surface area (Å²) >= 11 is 0. The van der Waals surface area contributed by atoms with E-state index in [-0.39, 0.29) is 11.9 Å². The summed E-state index contributed by atoms with van der Waals surface area (Å²) in [6.07, 6.45) is 3.36. The molecular formula is C25H33N3O. The number of carbonyl (C=O) groups excluding carboxylic acids is 1. The lowest BCUT2D eigenvalue weighted by Crippen LogP contribution is -2.50.